The summed E-state index contributed by atoms with van der Waals surface area (Å²) in [6.45, 7) is 4.49. The van der Waals surface area contributed by atoms with Crippen LogP contribution in [0.4, 0.5) is 4.39 Å². The van der Waals surface area contributed by atoms with Crippen molar-refractivity contribution in [2.24, 2.45) is 5.92 Å². The van der Waals surface area contributed by atoms with Gasteiger partial charge in [0.25, 0.3) is 0 Å². The molecule has 2 rings (SSSR count). The predicted molar refractivity (Wildman–Crippen MR) is 66.2 cm³/mol. The first-order valence-electron chi connectivity index (χ1n) is 6.32. The standard InChI is InChI=1S/C14H20FNO/c1-11(12-6-8-17-9-7-12)16-10-13-4-2-3-5-14(13)15/h2-5,11-12,16H,6-10H2,1H3. The molecule has 1 heterocycles. The molecule has 0 saturated carbocycles. The van der Waals surface area contributed by atoms with Crippen LogP contribution in [0, 0.1) is 11.7 Å². The Kier molecular flexibility index (Phi) is 4.51. The normalized spacial score (nSPS) is 19.2. The van der Waals surface area contributed by atoms with E-state index in [4.69, 9.17) is 4.74 Å². The average molecular weight is 237 g/mol. The van der Waals surface area contributed by atoms with Crippen molar-refractivity contribution < 1.29 is 9.13 Å². The lowest BCUT2D eigenvalue weighted by atomic mass is 9.93. The molecular formula is C14H20FNO. The van der Waals surface area contributed by atoms with Crippen molar-refractivity contribution in [3.8, 4) is 0 Å². The zero-order valence-electron chi connectivity index (χ0n) is 10.3. The van der Waals surface area contributed by atoms with Crippen molar-refractivity contribution in [3.05, 3.63) is 35.6 Å². The number of ether oxygens (including phenoxy) is 1. The largest absolute Gasteiger partial charge is 0.381 e. The molecule has 1 saturated heterocycles. The Balaban J connectivity index is 1.83. The highest BCUT2D eigenvalue weighted by molar-refractivity contribution is 5.17. The molecule has 0 spiro atoms. The molecule has 2 nitrogen and oxygen atoms in total. The highest BCUT2D eigenvalue weighted by Crippen LogP contribution is 2.19. The van der Waals surface area contributed by atoms with Gasteiger partial charge >= 0.3 is 0 Å². The third-order valence-corrected chi connectivity index (χ3v) is 3.55. The molecule has 1 N–H and O–H groups in total. The van der Waals surface area contributed by atoms with Gasteiger partial charge in [0.15, 0.2) is 0 Å². The van der Waals surface area contributed by atoms with Crippen molar-refractivity contribution in [1.29, 1.82) is 0 Å². The van der Waals surface area contributed by atoms with Crippen molar-refractivity contribution in [2.75, 3.05) is 13.2 Å². The summed E-state index contributed by atoms with van der Waals surface area (Å²) in [5.74, 6) is 0.523. The van der Waals surface area contributed by atoms with Crippen molar-refractivity contribution in [2.45, 2.75) is 32.4 Å². The van der Waals surface area contributed by atoms with Gasteiger partial charge in [0.2, 0.25) is 0 Å². The van der Waals surface area contributed by atoms with E-state index < -0.39 is 0 Å². The molecule has 1 aliphatic heterocycles. The second kappa shape index (κ2) is 6.12. The third-order valence-electron chi connectivity index (χ3n) is 3.55. The fourth-order valence-corrected chi connectivity index (χ4v) is 2.30. The summed E-state index contributed by atoms with van der Waals surface area (Å²) in [4.78, 5) is 0. The smallest absolute Gasteiger partial charge is 0.127 e. The Bertz CT molecular complexity index is 350. The summed E-state index contributed by atoms with van der Waals surface area (Å²) in [6, 6.07) is 7.35. The molecule has 1 aromatic rings. The summed E-state index contributed by atoms with van der Waals surface area (Å²) in [6.07, 6.45) is 2.21. The summed E-state index contributed by atoms with van der Waals surface area (Å²) in [5, 5.41) is 3.41. The van der Waals surface area contributed by atoms with E-state index >= 15 is 0 Å². The van der Waals surface area contributed by atoms with Gasteiger partial charge in [-0.05, 0) is 31.7 Å². The van der Waals surface area contributed by atoms with Crippen molar-refractivity contribution in [3.63, 3.8) is 0 Å². The van der Waals surface area contributed by atoms with Crippen LogP contribution in [0.15, 0.2) is 24.3 Å². The van der Waals surface area contributed by atoms with E-state index in [2.05, 4.69) is 12.2 Å². The summed E-state index contributed by atoms with van der Waals surface area (Å²) in [7, 11) is 0. The molecule has 1 aliphatic rings. The number of nitrogens with one attached hydrogen (secondary N) is 1. The minimum Gasteiger partial charge on any atom is -0.381 e. The zero-order chi connectivity index (χ0) is 12.1. The molecule has 94 valence electrons. The fraction of sp³-hybridized carbons (Fsp3) is 0.571. The summed E-state index contributed by atoms with van der Waals surface area (Å²) in [5.41, 5.74) is 0.742. The molecule has 1 fully saturated rings. The first kappa shape index (κ1) is 12.5. The molecular weight excluding hydrogens is 217 g/mol. The maximum Gasteiger partial charge on any atom is 0.127 e. The lowest BCUT2D eigenvalue weighted by Crippen LogP contribution is -2.36. The monoisotopic (exact) mass is 237 g/mol. The molecule has 1 aromatic carbocycles. The molecule has 3 heteroatoms. The van der Waals surface area contributed by atoms with E-state index in [9.17, 15) is 4.39 Å². The first-order chi connectivity index (χ1) is 8.27. The van der Waals surface area contributed by atoms with Crippen LogP contribution in [-0.4, -0.2) is 19.3 Å². The van der Waals surface area contributed by atoms with E-state index in [0.717, 1.165) is 31.6 Å². The van der Waals surface area contributed by atoms with Crippen LogP contribution in [0.5, 0.6) is 0 Å². The van der Waals surface area contributed by atoms with Gasteiger partial charge < -0.3 is 10.1 Å². The maximum atomic E-state index is 13.4. The van der Waals surface area contributed by atoms with Gasteiger partial charge in [-0.15, -0.1) is 0 Å². The van der Waals surface area contributed by atoms with Gasteiger partial charge in [-0.25, -0.2) is 4.39 Å². The second-order valence-corrected chi connectivity index (χ2v) is 4.71. The van der Waals surface area contributed by atoms with E-state index in [-0.39, 0.29) is 5.82 Å². The zero-order valence-corrected chi connectivity index (χ0v) is 10.3. The molecule has 0 aromatic heterocycles. The highest BCUT2D eigenvalue weighted by Gasteiger charge is 2.20. The highest BCUT2D eigenvalue weighted by atomic mass is 19.1. The molecule has 17 heavy (non-hydrogen) atoms. The van der Waals surface area contributed by atoms with Crippen LogP contribution in [0.3, 0.4) is 0 Å². The molecule has 1 unspecified atom stereocenters. The van der Waals surface area contributed by atoms with Crippen LogP contribution in [0.25, 0.3) is 0 Å². The minimum atomic E-state index is -0.126. The summed E-state index contributed by atoms with van der Waals surface area (Å²) < 4.78 is 18.8. The molecule has 0 radical (unpaired) electrons. The number of rotatable bonds is 4. The summed E-state index contributed by atoms with van der Waals surface area (Å²) >= 11 is 0. The van der Waals surface area contributed by atoms with Gasteiger partial charge in [0.1, 0.15) is 5.82 Å². The van der Waals surface area contributed by atoms with Gasteiger partial charge in [-0.3, -0.25) is 0 Å². The quantitative estimate of drug-likeness (QED) is 0.869. The Labute approximate surface area is 102 Å². The Morgan fingerprint density at radius 2 is 2.06 bits per heavy atom. The number of halogens is 1. The van der Waals surface area contributed by atoms with E-state index in [1.807, 2.05) is 12.1 Å². The van der Waals surface area contributed by atoms with Crippen LogP contribution in [0.1, 0.15) is 25.3 Å². The number of hydrogen-bond acceptors (Lipinski definition) is 2. The van der Waals surface area contributed by atoms with Gasteiger partial charge in [-0.1, -0.05) is 18.2 Å². The third kappa shape index (κ3) is 3.51. The molecule has 0 aliphatic carbocycles. The lowest BCUT2D eigenvalue weighted by Gasteiger charge is -2.28. The van der Waals surface area contributed by atoms with Crippen LogP contribution < -0.4 is 5.32 Å². The number of hydrogen-bond donors (Lipinski definition) is 1. The molecule has 0 bridgehead atoms. The van der Waals surface area contributed by atoms with Crippen molar-refractivity contribution in [1.82, 2.24) is 5.32 Å². The van der Waals surface area contributed by atoms with Crippen molar-refractivity contribution >= 4 is 0 Å². The lowest BCUT2D eigenvalue weighted by molar-refractivity contribution is 0.0557. The number of benzene rings is 1. The average Bonchev–Trinajstić information content (AvgIpc) is 2.38. The first-order valence-corrected chi connectivity index (χ1v) is 6.32. The Hall–Kier alpha value is -0.930. The molecule has 1 atom stereocenters. The predicted octanol–water partition coefficient (Wildman–Crippen LogP) is 2.73. The van der Waals surface area contributed by atoms with Gasteiger partial charge in [0, 0.05) is 31.4 Å². The molecule has 0 amide bonds. The van der Waals surface area contributed by atoms with Crippen LogP contribution in [0.2, 0.25) is 0 Å². The Morgan fingerprint density at radius 3 is 2.76 bits per heavy atom. The maximum absolute atomic E-state index is 13.4. The van der Waals surface area contributed by atoms with E-state index in [0.29, 0.717) is 18.5 Å². The fourth-order valence-electron chi connectivity index (χ4n) is 2.30. The van der Waals surface area contributed by atoms with Gasteiger partial charge in [-0.2, -0.15) is 0 Å². The van der Waals surface area contributed by atoms with E-state index in [1.54, 1.807) is 6.07 Å². The Morgan fingerprint density at radius 1 is 1.35 bits per heavy atom. The van der Waals surface area contributed by atoms with Gasteiger partial charge in [0.05, 0.1) is 0 Å². The SMILES string of the molecule is CC(NCc1ccccc1F)C1CCOCC1. The topological polar surface area (TPSA) is 21.3 Å². The second-order valence-electron chi connectivity index (χ2n) is 4.71. The van der Waals surface area contributed by atoms with Crippen LogP contribution >= 0.6 is 0 Å². The van der Waals surface area contributed by atoms with Crippen LogP contribution in [-0.2, 0) is 11.3 Å². The minimum absolute atomic E-state index is 0.126. The van der Waals surface area contributed by atoms with E-state index in [1.165, 1.54) is 6.07 Å².